The van der Waals surface area contributed by atoms with Gasteiger partial charge in [0, 0.05) is 11.1 Å². The summed E-state index contributed by atoms with van der Waals surface area (Å²) in [4.78, 5) is 0. The van der Waals surface area contributed by atoms with Gasteiger partial charge >= 0.3 is 0 Å². The van der Waals surface area contributed by atoms with Gasteiger partial charge in [0.15, 0.2) is 5.82 Å². The van der Waals surface area contributed by atoms with Crippen LogP contribution in [-0.2, 0) is 13.1 Å². The zero-order valence-electron chi connectivity index (χ0n) is 11.4. The van der Waals surface area contributed by atoms with Gasteiger partial charge in [-0.25, -0.2) is 9.07 Å². The molecule has 1 aromatic carbocycles. The SMILES string of the molecule is CC(C)(C)NCc1nnnn1Cc1ccccc1F. The second-order valence-corrected chi connectivity index (χ2v) is 5.45. The van der Waals surface area contributed by atoms with E-state index in [0.717, 1.165) is 0 Å². The molecule has 2 rings (SSSR count). The Hall–Kier alpha value is -1.82. The molecule has 0 saturated carbocycles. The maximum atomic E-state index is 13.6. The van der Waals surface area contributed by atoms with Crippen molar-refractivity contribution in [2.75, 3.05) is 0 Å². The number of nitrogens with one attached hydrogen (secondary N) is 1. The first-order valence-electron chi connectivity index (χ1n) is 6.19. The van der Waals surface area contributed by atoms with Crippen LogP contribution in [0.2, 0.25) is 0 Å². The lowest BCUT2D eigenvalue weighted by Crippen LogP contribution is -2.36. The number of benzene rings is 1. The minimum absolute atomic E-state index is 0.0191. The standard InChI is InChI=1S/C13H18FN5/c1-13(2,3)15-8-12-16-17-18-19(12)9-10-6-4-5-7-11(10)14/h4-7,15H,8-9H2,1-3H3. The van der Waals surface area contributed by atoms with Gasteiger partial charge in [-0.2, -0.15) is 0 Å². The van der Waals surface area contributed by atoms with Crippen LogP contribution in [0.15, 0.2) is 24.3 Å². The maximum Gasteiger partial charge on any atom is 0.165 e. The van der Waals surface area contributed by atoms with Gasteiger partial charge in [-0.3, -0.25) is 0 Å². The summed E-state index contributed by atoms with van der Waals surface area (Å²) in [5.74, 6) is 0.450. The van der Waals surface area contributed by atoms with Gasteiger partial charge in [0.2, 0.25) is 0 Å². The molecule has 0 spiro atoms. The Morgan fingerprint density at radius 3 is 2.68 bits per heavy atom. The van der Waals surface area contributed by atoms with E-state index in [1.165, 1.54) is 6.07 Å². The normalized spacial score (nSPS) is 11.8. The Morgan fingerprint density at radius 1 is 1.26 bits per heavy atom. The van der Waals surface area contributed by atoms with Gasteiger partial charge in [-0.05, 0) is 37.3 Å². The zero-order chi connectivity index (χ0) is 13.9. The van der Waals surface area contributed by atoms with Crippen LogP contribution >= 0.6 is 0 Å². The highest BCUT2D eigenvalue weighted by Gasteiger charge is 2.13. The molecule has 0 saturated heterocycles. The highest BCUT2D eigenvalue weighted by Crippen LogP contribution is 2.09. The average molecular weight is 263 g/mol. The second kappa shape index (κ2) is 5.44. The molecule has 102 valence electrons. The van der Waals surface area contributed by atoms with E-state index >= 15 is 0 Å². The van der Waals surface area contributed by atoms with Crippen LogP contribution in [0.5, 0.6) is 0 Å². The summed E-state index contributed by atoms with van der Waals surface area (Å²) in [6, 6.07) is 6.64. The van der Waals surface area contributed by atoms with Crippen molar-refractivity contribution < 1.29 is 4.39 Å². The van der Waals surface area contributed by atoms with E-state index in [-0.39, 0.29) is 11.4 Å². The number of hydrogen-bond acceptors (Lipinski definition) is 4. The van der Waals surface area contributed by atoms with Gasteiger partial charge < -0.3 is 5.32 Å². The average Bonchev–Trinajstić information content (AvgIpc) is 2.76. The summed E-state index contributed by atoms with van der Waals surface area (Å²) < 4.78 is 15.2. The third kappa shape index (κ3) is 3.82. The zero-order valence-corrected chi connectivity index (χ0v) is 11.4. The molecule has 0 aliphatic carbocycles. The highest BCUT2D eigenvalue weighted by atomic mass is 19.1. The van der Waals surface area contributed by atoms with Crippen LogP contribution in [0.1, 0.15) is 32.2 Å². The van der Waals surface area contributed by atoms with Crippen molar-refractivity contribution in [1.82, 2.24) is 25.5 Å². The van der Waals surface area contributed by atoms with Gasteiger partial charge in [-0.15, -0.1) is 5.10 Å². The lowest BCUT2D eigenvalue weighted by molar-refractivity contribution is 0.409. The van der Waals surface area contributed by atoms with Crippen LogP contribution in [0.25, 0.3) is 0 Å². The number of aromatic nitrogens is 4. The minimum Gasteiger partial charge on any atom is -0.305 e. The van der Waals surface area contributed by atoms with Crippen LogP contribution in [0.3, 0.4) is 0 Å². The Balaban J connectivity index is 2.10. The fourth-order valence-electron chi connectivity index (χ4n) is 1.60. The number of nitrogens with zero attached hydrogens (tertiary/aromatic N) is 4. The molecule has 0 amide bonds. The third-order valence-corrected chi connectivity index (χ3v) is 2.66. The Labute approximate surface area is 111 Å². The van der Waals surface area contributed by atoms with Crippen molar-refractivity contribution in [3.63, 3.8) is 0 Å². The molecule has 1 N–H and O–H groups in total. The molecule has 1 aromatic heterocycles. The predicted molar refractivity (Wildman–Crippen MR) is 69.9 cm³/mol. The second-order valence-electron chi connectivity index (χ2n) is 5.45. The molecular formula is C13H18FN5. The van der Waals surface area contributed by atoms with Crippen LogP contribution < -0.4 is 5.32 Å². The van der Waals surface area contributed by atoms with E-state index in [1.54, 1.807) is 22.9 Å². The third-order valence-electron chi connectivity index (χ3n) is 2.66. The Kier molecular flexibility index (Phi) is 3.90. The van der Waals surface area contributed by atoms with Crippen molar-refractivity contribution in [3.8, 4) is 0 Å². The summed E-state index contributed by atoms with van der Waals surface area (Å²) in [6.45, 7) is 7.08. The quantitative estimate of drug-likeness (QED) is 0.913. The molecule has 0 unspecified atom stereocenters. The van der Waals surface area contributed by atoms with Crippen LogP contribution in [0, 0.1) is 5.82 Å². The van der Waals surface area contributed by atoms with Crippen molar-refractivity contribution in [3.05, 3.63) is 41.5 Å². The fraction of sp³-hybridized carbons (Fsp3) is 0.462. The van der Waals surface area contributed by atoms with Crippen LogP contribution in [-0.4, -0.2) is 25.7 Å². The van der Waals surface area contributed by atoms with Crippen molar-refractivity contribution in [1.29, 1.82) is 0 Å². The lowest BCUT2D eigenvalue weighted by atomic mass is 10.1. The van der Waals surface area contributed by atoms with Gasteiger partial charge in [-0.1, -0.05) is 18.2 Å². The van der Waals surface area contributed by atoms with E-state index in [1.807, 2.05) is 0 Å². The fourth-order valence-corrected chi connectivity index (χ4v) is 1.60. The molecule has 2 aromatic rings. The molecule has 0 aliphatic heterocycles. The molecule has 0 bridgehead atoms. The molecule has 5 nitrogen and oxygen atoms in total. The van der Waals surface area contributed by atoms with Gasteiger partial charge in [0.1, 0.15) is 5.82 Å². The molecule has 0 radical (unpaired) electrons. The molecular weight excluding hydrogens is 245 g/mol. The first-order valence-corrected chi connectivity index (χ1v) is 6.19. The summed E-state index contributed by atoms with van der Waals surface area (Å²) in [5, 5.41) is 14.8. The number of hydrogen-bond donors (Lipinski definition) is 1. The lowest BCUT2D eigenvalue weighted by Gasteiger charge is -2.19. The number of halogens is 1. The Morgan fingerprint density at radius 2 is 2.00 bits per heavy atom. The van der Waals surface area contributed by atoms with E-state index in [4.69, 9.17) is 0 Å². The van der Waals surface area contributed by atoms with E-state index in [9.17, 15) is 4.39 Å². The smallest absolute Gasteiger partial charge is 0.165 e. The molecule has 6 heteroatoms. The highest BCUT2D eigenvalue weighted by molar-refractivity contribution is 5.17. The topological polar surface area (TPSA) is 55.6 Å². The first-order chi connectivity index (χ1) is 8.96. The Bertz CT molecular complexity index is 544. The molecule has 0 atom stereocenters. The largest absolute Gasteiger partial charge is 0.305 e. The van der Waals surface area contributed by atoms with Crippen molar-refractivity contribution in [2.24, 2.45) is 0 Å². The summed E-state index contributed by atoms with van der Waals surface area (Å²) >= 11 is 0. The van der Waals surface area contributed by atoms with E-state index in [0.29, 0.717) is 24.5 Å². The molecule has 0 aliphatic rings. The summed E-state index contributed by atoms with van der Waals surface area (Å²) in [6.07, 6.45) is 0. The monoisotopic (exact) mass is 263 g/mol. The van der Waals surface area contributed by atoms with Gasteiger partial charge in [0.05, 0.1) is 13.1 Å². The minimum atomic E-state index is -0.243. The molecule has 0 fully saturated rings. The summed E-state index contributed by atoms with van der Waals surface area (Å²) in [7, 11) is 0. The van der Waals surface area contributed by atoms with Crippen LogP contribution in [0.4, 0.5) is 4.39 Å². The van der Waals surface area contributed by atoms with E-state index in [2.05, 4.69) is 41.6 Å². The van der Waals surface area contributed by atoms with Crippen molar-refractivity contribution >= 4 is 0 Å². The predicted octanol–water partition coefficient (Wildman–Crippen LogP) is 1.75. The van der Waals surface area contributed by atoms with Crippen molar-refractivity contribution in [2.45, 2.75) is 39.4 Å². The van der Waals surface area contributed by atoms with E-state index < -0.39 is 0 Å². The number of rotatable bonds is 4. The maximum absolute atomic E-state index is 13.6. The summed E-state index contributed by atoms with van der Waals surface area (Å²) in [5.41, 5.74) is 0.557. The first kappa shape index (κ1) is 13.6. The molecule has 1 heterocycles. The number of tetrazole rings is 1. The van der Waals surface area contributed by atoms with Gasteiger partial charge in [0.25, 0.3) is 0 Å². The molecule has 19 heavy (non-hydrogen) atoms.